The number of ketones is 1. The zero-order valence-electron chi connectivity index (χ0n) is 12.9. The molecule has 0 spiro atoms. The van der Waals surface area contributed by atoms with Crippen molar-refractivity contribution in [2.45, 2.75) is 4.90 Å². The lowest BCUT2D eigenvalue weighted by atomic mass is 10.1. The van der Waals surface area contributed by atoms with Crippen molar-refractivity contribution in [2.75, 3.05) is 6.26 Å². The van der Waals surface area contributed by atoms with E-state index in [2.05, 4.69) is 9.79 Å². The standard InChI is InChI=1S/C18H14N2O3S/c1-24-15-10-7-13(8-11-15)9-12-16(21)17-18(22)23-19-20(17)14-5-3-2-4-6-14/h2-12H,1H3/b12-9+. The van der Waals surface area contributed by atoms with E-state index < -0.39 is 11.7 Å². The van der Waals surface area contributed by atoms with Crippen molar-refractivity contribution in [1.29, 1.82) is 0 Å². The lowest BCUT2D eigenvalue weighted by molar-refractivity contribution is -0.672. The molecule has 0 saturated carbocycles. The second-order valence-electron chi connectivity index (χ2n) is 4.93. The maximum Gasteiger partial charge on any atom is 0.310 e. The Kier molecular flexibility index (Phi) is 4.77. The van der Waals surface area contributed by atoms with Gasteiger partial charge in [-0.25, -0.2) is 0 Å². The van der Waals surface area contributed by atoms with Crippen LogP contribution in [0.3, 0.4) is 0 Å². The second-order valence-corrected chi connectivity index (χ2v) is 5.81. The Hall–Kier alpha value is -2.86. The average Bonchev–Trinajstić information content (AvgIpc) is 3.02. The summed E-state index contributed by atoms with van der Waals surface area (Å²) >= 11 is 1.65. The number of aromatic nitrogens is 2. The van der Waals surface area contributed by atoms with E-state index in [9.17, 15) is 9.90 Å². The Bertz CT molecular complexity index is 871. The van der Waals surface area contributed by atoms with E-state index in [4.69, 9.17) is 0 Å². The van der Waals surface area contributed by atoms with E-state index in [1.54, 1.807) is 42.1 Å². The molecule has 24 heavy (non-hydrogen) atoms. The number of thioether (sulfide) groups is 1. The summed E-state index contributed by atoms with van der Waals surface area (Å²) in [6.07, 6.45) is 5.01. The minimum atomic E-state index is -0.758. The van der Waals surface area contributed by atoms with Crippen LogP contribution in [-0.2, 0) is 0 Å². The van der Waals surface area contributed by atoms with Crippen molar-refractivity contribution < 1.29 is 19.1 Å². The molecule has 1 aromatic heterocycles. The highest BCUT2D eigenvalue weighted by Gasteiger charge is 2.25. The normalized spacial score (nSPS) is 11.0. The monoisotopic (exact) mass is 338 g/mol. The van der Waals surface area contributed by atoms with E-state index in [1.165, 1.54) is 10.8 Å². The number of allylic oxidation sites excluding steroid dienone is 1. The van der Waals surface area contributed by atoms with Gasteiger partial charge in [0.25, 0.3) is 5.78 Å². The van der Waals surface area contributed by atoms with Crippen molar-refractivity contribution >= 4 is 23.6 Å². The van der Waals surface area contributed by atoms with Gasteiger partial charge in [0.2, 0.25) is 5.69 Å². The van der Waals surface area contributed by atoms with Crippen LogP contribution < -0.4 is 9.79 Å². The van der Waals surface area contributed by atoms with Gasteiger partial charge in [-0.05, 0) is 34.7 Å². The van der Waals surface area contributed by atoms with Crippen LogP contribution in [-0.4, -0.2) is 17.3 Å². The Balaban J connectivity index is 1.87. The molecule has 0 N–H and O–H groups in total. The van der Waals surface area contributed by atoms with Crippen LogP contribution in [0.25, 0.3) is 11.8 Å². The number of nitrogens with zero attached hydrogens (tertiary/aromatic N) is 2. The molecule has 0 amide bonds. The summed E-state index contributed by atoms with van der Waals surface area (Å²) in [5.41, 5.74) is 1.33. The zero-order chi connectivity index (χ0) is 16.9. The number of rotatable bonds is 5. The Morgan fingerprint density at radius 3 is 2.54 bits per heavy atom. The zero-order valence-corrected chi connectivity index (χ0v) is 13.7. The van der Waals surface area contributed by atoms with Gasteiger partial charge in [0.1, 0.15) is 0 Å². The smallest absolute Gasteiger partial charge is 0.310 e. The fraction of sp³-hybridized carbons (Fsp3) is 0.0556. The van der Waals surface area contributed by atoms with E-state index in [0.29, 0.717) is 5.69 Å². The molecular formula is C18H14N2O3S. The van der Waals surface area contributed by atoms with E-state index in [0.717, 1.165) is 10.5 Å². The predicted molar refractivity (Wildman–Crippen MR) is 89.1 cm³/mol. The summed E-state index contributed by atoms with van der Waals surface area (Å²) in [5.74, 6) is -1.22. The van der Waals surface area contributed by atoms with Gasteiger partial charge in [-0.3, -0.25) is 4.79 Å². The highest BCUT2D eigenvalue weighted by atomic mass is 32.2. The SMILES string of the molecule is CSc1ccc(/C=C/C(=O)c2c([O-])on[n+]2-c2ccccc2)cc1. The first-order valence-corrected chi connectivity index (χ1v) is 8.42. The van der Waals surface area contributed by atoms with Gasteiger partial charge in [-0.2, -0.15) is 0 Å². The number of hydrogen-bond acceptors (Lipinski definition) is 5. The molecule has 2 aromatic carbocycles. The first-order valence-electron chi connectivity index (χ1n) is 7.20. The fourth-order valence-corrected chi connectivity index (χ4v) is 2.57. The van der Waals surface area contributed by atoms with Gasteiger partial charge in [-0.1, -0.05) is 36.4 Å². The Morgan fingerprint density at radius 2 is 1.88 bits per heavy atom. The number of hydrogen-bond donors (Lipinski definition) is 0. The van der Waals surface area contributed by atoms with Gasteiger partial charge >= 0.3 is 5.69 Å². The quantitative estimate of drug-likeness (QED) is 0.310. The van der Waals surface area contributed by atoms with Crippen molar-refractivity contribution in [3.63, 3.8) is 0 Å². The fourth-order valence-electron chi connectivity index (χ4n) is 2.16. The molecule has 0 bridgehead atoms. The van der Waals surface area contributed by atoms with Gasteiger partial charge in [0.05, 0.1) is 5.27 Å². The average molecular weight is 338 g/mol. The van der Waals surface area contributed by atoms with Crippen molar-refractivity contribution in [3.05, 3.63) is 71.9 Å². The molecule has 0 aliphatic carbocycles. The van der Waals surface area contributed by atoms with Crippen LogP contribution in [0.4, 0.5) is 0 Å². The van der Waals surface area contributed by atoms with Crippen LogP contribution in [0.1, 0.15) is 16.1 Å². The summed E-state index contributed by atoms with van der Waals surface area (Å²) in [6, 6.07) is 16.7. The van der Waals surface area contributed by atoms with E-state index in [1.807, 2.05) is 36.6 Å². The number of para-hydroxylation sites is 1. The minimum absolute atomic E-state index is 0.127. The molecule has 5 nitrogen and oxygen atoms in total. The second kappa shape index (κ2) is 7.14. The van der Waals surface area contributed by atoms with E-state index in [-0.39, 0.29) is 5.69 Å². The van der Waals surface area contributed by atoms with Gasteiger partial charge in [0.15, 0.2) is 5.95 Å². The lowest BCUT2D eigenvalue weighted by Crippen LogP contribution is -2.38. The van der Waals surface area contributed by atoms with Crippen LogP contribution in [0.15, 0.2) is 70.1 Å². The molecular weight excluding hydrogens is 324 g/mol. The third-order valence-electron chi connectivity index (χ3n) is 3.39. The molecule has 0 aliphatic rings. The molecule has 6 heteroatoms. The first-order chi connectivity index (χ1) is 11.7. The minimum Gasteiger partial charge on any atom is -0.539 e. The molecule has 120 valence electrons. The molecule has 0 radical (unpaired) electrons. The molecule has 3 aromatic rings. The van der Waals surface area contributed by atoms with Crippen LogP contribution in [0.5, 0.6) is 5.95 Å². The van der Waals surface area contributed by atoms with Gasteiger partial charge in [-0.15, -0.1) is 11.8 Å². The molecule has 0 saturated heterocycles. The summed E-state index contributed by atoms with van der Waals surface area (Å²) in [7, 11) is 0. The molecule has 0 fully saturated rings. The molecule has 0 aliphatic heterocycles. The van der Waals surface area contributed by atoms with Crippen LogP contribution in [0.2, 0.25) is 0 Å². The van der Waals surface area contributed by atoms with Crippen molar-refractivity contribution in [3.8, 4) is 11.6 Å². The Labute approximate surface area is 143 Å². The van der Waals surface area contributed by atoms with Crippen LogP contribution in [0, 0.1) is 0 Å². The summed E-state index contributed by atoms with van der Waals surface area (Å²) in [6.45, 7) is 0. The van der Waals surface area contributed by atoms with E-state index >= 15 is 0 Å². The Morgan fingerprint density at radius 1 is 1.17 bits per heavy atom. The number of benzene rings is 2. The van der Waals surface area contributed by atoms with Crippen molar-refractivity contribution in [1.82, 2.24) is 5.27 Å². The lowest BCUT2D eigenvalue weighted by Gasteiger charge is -1.97. The van der Waals surface area contributed by atoms with Crippen LogP contribution >= 0.6 is 11.8 Å². The summed E-state index contributed by atoms with van der Waals surface area (Å²) in [5, 5.41) is 15.5. The molecule has 0 unspecified atom stereocenters. The predicted octanol–water partition coefficient (Wildman–Crippen LogP) is 2.64. The largest absolute Gasteiger partial charge is 0.539 e. The number of carbonyl (C=O) groups is 1. The van der Waals surface area contributed by atoms with Gasteiger partial charge < -0.3 is 9.63 Å². The van der Waals surface area contributed by atoms with Gasteiger partial charge in [0, 0.05) is 17.0 Å². The third kappa shape index (κ3) is 3.38. The molecule has 3 rings (SSSR count). The third-order valence-corrected chi connectivity index (χ3v) is 4.13. The highest BCUT2D eigenvalue weighted by Crippen LogP contribution is 2.16. The maximum atomic E-state index is 12.4. The summed E-state index contributed by atoms with van der Waals surface area (Å²) < 4.78 is 5.87. The van der Waals surface area contributed by atoms with Crippen molar-refractivity contribution in [2.24, 2.45) is 0 Å². The first kappa shape index (κ1) is 16.0. The maximum absolute atomic E-state index is 12.4. The molecule has 1 heterocycles. The highest BCUT2D eigenvalue weighted by molar-refractivity contribution is 7.98. The molecule has 0 atom stereocenters. The number of carbonyl (C=O) groups excluding carboxylic acids is 1. The summed E-state index contributed by atoms with van der Waals surface area (Å²) in [4.78, 5) is 13.5. The topological polar surface area (TPSA) is 70.0 Å².